The van der Waals surface area contributed by atoms with Crippen molar-refractivity contribution in [3.05, 3.63) is 0 Å². The third-order valence-corrected chi connectivity index (χ3v) is 4.12. The number of hydrogen-bond acceptors (Lipinski definition) is 4. The SMILES string of the molecule is CCC(CSC)N(C)CC1(C=O)CCOC1. The van der Waals surface area contributed by atoms with Crippen molar-refractivity contribution in [3.63, 3.8) is 0 Å². The van der Waals surface area contributed by atoms with Crippen molar-refractivity contribution in [2.45, 2.75) is 25.8 Å². The Morgan fingerprint density at radius 2 is 2.38 bits per heavy atom. The van der Waals surface area contributed by atoms with E-state index in [2.05, 4.69) is 25.1 Å². The van der Waals surface area contributed by atoms with Crippen LogP contribution in [0.1, 0.15) is 19.8 Å². The van der Waals surface area contributed by atoms with E-state index in [0.29, 0.717) is 12.6 Å². The molecular weight excluding hydrogens is 222 g/mol. The smallest absolute Gasteiger partial charge is 0.129 e. The molecule has 0 N–H and O–H groups in total. The highest BCUT2D eigenvalue weighted by Crippen LogP contribution is 2.28. The van der Waals surface area contributed by atoms with Crippen LogP contribution in [0.5, 0.6) is 0 Å². The first-order valence-electron chi connectivity index (χ1n) is 5.90. The molecule has 2 unspecified atom stereocenters. The van der Waals surface area contributed by atoms with Gasteiger partial charge in [-0.2, -0.15) is 11.8 Å². The zero-order valence-corrected chi connectivity index (χ0v) is 11.4. The molecule has 16 heavy (non-hydrogen) atoms. The quantitative estimate of drug-likeness (QED) is 0.638. The van der Waals surface area contributed by atoms with Crippen LogP contribution in [0.15, 0.2) is 0 Å². The lowest BCUT2D eigenvalue weighted by atomic mass is 9.88. The molecule has 0 saturated carbocycles. The van der Waals surface area contributed by atoms with Crippen LogP contribution < -0.4 is 0 Å². The molecule has 1 rings (SSSR count). The lowest BCUT2D eigenvalue weighted by molar-refractivity contribution is -0.117. The molecule has 1 heterocycles. The van der Waals surface area contributed by atoms with Crippen molar-refractivity contribution >= 4 is 18.0 Å². The monoisotopic (exact) mass is 245 g/mol. The van der Waals surface area contributed by atoms with Gasteiger partial charge in [-0.3, -0.25) is 0 Å². The fraction of sp³-hybridized carbons (Fsp3) is 0.917. The molecule has 1 saturated heterocycles. The van der Waals surface area contributed by atoms with E-state index in [1.54, 1.807) is 0 Å². The Morgan fingerprint density at radius 1 is 1.62 bits per heavy atom. The van der Waals surface area contributed by atoms with Gasteiger partial charge in [0.1, 0.15) is 6.29 Å². The van der Waals surface area contributed by atoms with Gasteiger partial charge < -0.3 is 14.4 Å². The van der Waals surface area contributed by atoms with E-state index in [9.17, 15) is 4.79 Å². The summed E-state index contributed by atoms with van der Waals surface area (Å²) < 4.78 is 5.36. The standard InChI is InChI=1S/C12H23NO2S/c1-4-11(7-16-3)13(2)8-12(9-14)5-6-15-10-12/h9,11H,4-8,10H2,1-3H3. The highest BCUT2D eigenvalue weighted by atomic mass is 32.2. The molecular formula is C12H23NO2S. The molecule has 0 bridgehead atoms. The Labute approximate surface area is 103 Å². The number of ether oxygens (including phenoxy) is 1. The maximum Gasteiger partial charge on any atom is 0.129 e. The van der Waals surface area contributed by atoms with Gasteiger partial charge in [0.25, 0.3) is 0 Å². The molecule has 0 aromatic rings. The van der Waals surface area contributed by atoms with Gasteiger partial charge in [-0.15, -0.1) is 0 Å². The minimum Gasteiger partial charge on any atom is -0.380 e. The number of nitrogens with zero attached hydrogens (tertiary/aromatic N) is 1. The number of aldehydes is 1. The van der Waals surface area contributed by atoms with Crippen LogP contribution >= 0.6 is 11.8 Å². The first kappa shape index (κ1) is 14.0. The van der Waals surface area contributed by atoms with E-state index in [0.717, 1.165) is 38.0 Å². The highest BCUT2D eigenvalue weighted by Gasteiger charge is 2.36. The average molecular weight is 245 g/mol. The van der Waals surface area contributed by atoms with E-state index in [1.807, 2.05) is 11.8 Å². The third-order valence-electron chi connectivity index (χ3n) is 3.40. The molecule has 1 aliphatic heterocycles. The molecule has 94 valence electrons. The molecule has 0 spiro atoms. The zero-order valence-electron chi connectivity index (χ0n) is 10.6. The van der Waals surface area contributed by atoms with Crippen molar-refractivity contribution in [3.8, 4) is 0 Å². The predicted molar refractivity (Wildman–Crippen MR) is 69.0 cm³/mol. The second-order valence-corrected chi connectivity index (χ2v) is 5.63. The van der Waals surface area contributed by atoms with Gasteiger partial charge in [-0.05, 0) is 26.1 Å². The molecule has 4 heteroatoms. The zero-order chi connectivity index (χ0) is 12.0. The minimum atomic E-state index is -0.249. The van der Waals surface area contributed by atoms with Gasteiger partial charge in [0, 0.05) is 24.9 Å². The maximum atomic E-state index is 11.2. The number of thioether (sulfide) groups is 1. The average Bonchev–Trinajstić information content (AvgIpc) is 2.75. The molecule has 3 nitrogen and oxygen atoms in total. The first-order valence-corrected chi connectivity index (χ1v) is 7.30. The fourth-order valence-corrected chi connectivity index (χ4v) is 3.13. The summed E-state index contributed by atoms with van der Waals surface area (Å²) in [6.07, 6.45) is 5.23. The number of carbonyl (C=O) groups excluding carboxylic acids is 1. The Balaban J connectivity index is 2.53. The van der Waals surface area contributed by atoms with E-state index in [-0.39, 0.29) is 5.41 Å². The van der Waals surface area contributed by atoms with Crippen molar-refractivity contribution < 1.29 is 9.53 Å². The van der Waals surface area contributed by atoms with E-state index >= 15 is 0 Å². The Kier molecular flexibility index (Phi) is 5.79. The first-order chi connectivity index (χ1) is 7.67. The number of hydrogen-bond donors (Lipinski definition) is 0. The van der Waals surface area contributed by atoms with Crippen LogP contribution in [0.25, 0.3) is 0 Å². The van der Waals surface area contributed by atoms with E-state index in [1.165, 1.54) is 0 Å². The van der Waals surface area contributed by atoms with E-state index < -0.39 is 0 Å². The fourth-order valence-electron chi connectivity index (χ4n) is 2.25. The molecule has 0 radical (unpaired) electrons. The molecule has 1 fully saturated rings. The second-order valence-electron chi connectivity index (χ2n) is 4.72. The van der Waals surface area contributed by atoms with Crippen LogP contribution in [0, 0.1) is 5.41 Å². The predicted octanol–water partition coefficient (Wildman–Crippen LogP) is 1.67. The van der Waals surface area contributed by atoms with Gasteiger partial charge in [0.2, 0.25) is 0 Å². The summed E-state index contributed by atoms with van der Waals surface area (Å²) in [7, 11) is 2.12. The summed E-state index contributed by atoms with van der Waals surface area (Å²) in [5, 5.41) is 0. The van der Waals surface area contributed by atoms with Crippen LogP contribution in [-0.2, 0) is 9.53 Å². The molecule has 1 aliphatic rings. The van der Waals surface area contributed by atoms with Crippen LogP contribution in [0.2, 0.25) is 0 Å². The van der Waals surface area contributed by atoms with E-state index in [4.69, 9.17) is 4.74 Å². The highest BCUT2D eigenvalue weighted by molar-refractivity contribution is 7.98. The van der Waals surface area contributed by atoms with Crippen LogP contribution in [-0.4, -0.2) is 56.0 Å². The molecule has 0 aromatic heterocycles. The summed E-state index contributed by atoms with van der Waals surface area (Å²) in [5.41, 5.74) is -0.249. The second kappa shape index (κ2) is 6.62. The molecule has 0 aliphatic carbocycles. The van der Waals surface area contributed by atoms with Crippen molar-refractivity contribution in [1.29, 1.82) is 0 Å². The maximum absolute atomic E-state index is 11.2. The summed E-state index contributed by atoms with van der Waals surface area (Å²) in [4.78, 5) is 13.5. The van der Waals surface area contributed by atoms with Crippen LogP contribution in [0.4, 0.5) is 0 Å². The Hall–Kier alpha value is -0.0600. The summed E-state index contributed by atoms with van der Waals surface area (Å²) in [6.45, 7) is 4.36. The summed E-state index contributed by atoms with van der Waals surface area (Å²) in [6, 6.07) is 0.562. The number of rotatable bonds is 7. The van der Waals surface area contributed by atoms with Gasteiger partial charge >= 0.3 is 0 Å². The van der Waals surface area contributed by atoms with Gasteiger partial charge in [-0.1, -0.05) is 6.92 Å². The van der Waals surface area contributed by atoms with Gasteiger partial charge in [-0.25, -0.2) is 0 Å². The van der Waals surface area contributed by atoms with Gasteiger partial charge in [0.15, 0.2) is 0 Å². The third kappa shape index (κ3) is 3.47. The lowest BCUT2D eigenvalue weighted by Crippen LogP contribution is -2.43. The molecule has 0 amide bonds. The van der Waals surface area contributed by atoms with Crippen molar-refractivity contribution in [2.75, 3.05) is 38.8 Å². The summed E-state index contributed by atoms with van der Waals surface area (Å²) in [5.74, 6) is 1.13. The summed E-state index contributed by atoms with van der Waals surface area (Å²) >= 11 is 1.87. The van der Waals surface area contributed by atoms with Crippen molar-refractivity contribution in [1.82, 2.24) is 4.90 Å². The Morgan fingerprint density at radius 3 is 2.81 bits per heavy atom. The van der Waals surface area contributed by atoms with Crippen LogP contribution in [0.3, 0.4) is 0 Å². The Bertz CT molecular complexity index is 217. The largest absolute Gasteiger partial charge is 0.380 e. The minimum absolute atomic E-state index is 0.249. The lowest BCUT2D eigenvalue weighted by Gasteiger charge is -2.32. The van der Waals surface area contributed by atoms with Crippen molar-refractivity contribution in [2.24, 2.45) is 5.41 Å². The number of carbonyl (C=O) groups is 1. The van der Waals surface area contributed by atoms with Gasteiger partial charge in [0.05, 0.1) is 12.0 Å². The topological polar surface area (TPSA) is 29.5 Å². The molecule has 2 atom stereocenters. The normalized spacial score (nSPS) is 27.2. The molecule has 0 aromatic carbocycles.